The molecule has 1 aliphatic rings. The van der Waals surface area contributed by atoms with E-state index in [1.165, 1.54) is 17.5 Å². The van der Waals surface area contributed by atoms with Crippen LogP contribution in [-0.2, 0) is 24.3 Å². The Morgan fingerprint density at radius 2 is 2.29 bits per heavy atom. The topological polar surface area (TPSA) is 72.9 Å². The van der Waals surface area contributed by atoms with Gasteiger partial charge in [0.2, 0.25) is 10.0 Å². The molecule has 1 aromatic heterocycles. The lowest BCUT2D eigenvalue weighted by Crippen LogP contribution is -2.46. The molecule has 2 heterocycles. The molecule has 2 rings (SSSR count). The number of thiophene rings is 1. The van der Waals surface area contributed by atoms with Crippen molar-refractivity contribution in [2.75, 3.05) is 26.8 Å². The summed E-state index contributed by atoms with van der Waals surface area (Å²) >= 11 is 12.7. The van der Waals surface area contributed by atoms with Gasteiger partial charge in [-0.1, -0.05) is 23.2 Å². The molecule has 10 heteroatoms. The Balaban J connectivity index is 2.16. The van der Waals surface area contributed by atoms with Crippen LogP contribution < -0.4 is 0 Å². The molecule has 1 fully saturated rings. The molecule has 1 aliphatic heterocycles. The van der Waals surface area contributed by atoms with E-state index in [4.69, 9.17) is 27.9 Å². The third kappa shape index (κ3) is 3.88. The number of rotatable bonds is 4. The van der Waals surface area contributed by atoms with E-state index < -0.39 is 22.1 Å². The summed E-state index contributed by atoms with van der Waals surface area (Å²) in [5.41, 5.74) is 0. The number of morpholine rings is 1. The molecule has 0 aromatic carbocycles. The van der Waals surface area contributed by atoms with E-state index in [0.29, 0.717) is 4.34 Å². The summed E-state index contributed by atoms with van der Waals surface area (Å²) < 4.78 is 36.7. The van der Waals surface area contributed by atoms with E-state index in [9.17, 15) is 13.2 Å². The average Bonchev–Trinajstić information content (AvgIpc) is 2.78. The second-order valence-electron chi connectivity index (χ2n) is 4.32. The molecule has 0 spiro atoms. The smallest absolute Gasteiger partial charge is 0.308 e. The number of carbonyl (C=O) groups excluding carboxylic acids is 1. The number of hydrogen-bond acceptors (Lipinski definition) is 6. The number of hydrogen-bond donors (Lipinski definition) is 0. The minimum Gasteiger partial charge on any atom is -0.469 e. The van der Waals surface area contributed by atoms with Gasteiger partial charge in [-0.15, -0.1) is 11.3 Å². The van der Waals surface area contributed by atoms with Gasteiger partial charge in [0.25, 0.3) is 0 Å². The number of halogens is 2. The van der Waals surface area contributed by atoms with E-state index in [0.717, 1.165) is 11.3 Å². The minimum absolute atomic E-state index is 0.000640. The average molecular weight is 374 g/mol. The largest absolute Gasteiger partial charge is 0.469 e. The van der Waals surface area contributed by atoms with Crippen LogP contribution in [0.2, 0.25) is 8.67 Å². The lowest BCUT2D eigenvalue weighted by Gasteiger charge is -2.31. The van der Waals surface area contributed by atoms with Crippen LogP contribution in [0.4, 0.5) is 0 Å². The molecule has 0 bridgehead atoms. The Hall–Kier alpha value is -0.380. The van der Waals surface area contributed by atoms with Crippen molar-refractivity contribution >= 4 is 50.5 Å². The summed E-state index contributed by atoms with van der Waals surface area (Å²) in [6.07, 6.45) is -0.533. The van der Waals surface area contributed by atoms with Gasteiger partial charge in [-0.25, -0.2) is 8.42 Å². The fourth-order valence-electron chi connectivity index (χ4n) is 1.94. The van der Waals surface area contributed by atoms with Crippen LogP contribution in [0.1, 0.15) is 6.42 Å². The number of methoxy groups -OCH3 is 1. The summed E-state index contributed by atoms with van der Waals surface area (Å²) in [6, 6.07) is 1.33. The second-order valence-corrected chi connectivity index (χ2v) is 8.52. The predicted molar refractivity (Wildman–Crippen MR) is 79.5 cm³/mol. The number of ether oxygens (including phenoxy) is 2. The molecule has 1 saturated heterocycles. The number of nitrogens with zero attached hydrogens (tertiary/aromatic N) is 1. The quantitative estimate of drug-likeness (QED) is 0.754. The zero-order valence-electron chi connectivity index (χ0n) is 11.0. The first-order valence-electron chi connectivity index (χ1n) is 5.98. The zero-order valence-corrected chi connectivity index (χ0v) is 14.2. The van der Waals surface area contributed by atoms with Crippen molar-refractivity contribution in [3.8, 4) is 0 Å². The maximum absolute atomic E-state index is 12.5. The van der Waals surface area contributed by atoms with Gasteiger partial charge in [0, 0.05) is 13.1 Å². The highest BCUT2D eigenvalue weighted by Crippen LogP contribution is 2.36. The summed E-state index contributed by atoms with van der Waals surface area (Å²) in [7, 11) is -2.48. The lowest BCUT2D eigenvalue weighted by molar-refractivity contribution is -0.145. The molecular weight excluding hydrogens is 361 g/mol. The van der Waals surface area contributed by atoms with Gasteiger partial charge in [0.1, 0.15) is 9.23 Å². The van der Waals surface area contributed by atoms with Gasteiger partial charge in [-0.05, 0) is 6.07 Å². The first-order valence-corrected chi connectivity index (χ1v) is 8.99. The Labute approximate surface area is 136 Å². The molecule has 0 aliphatic carbocycles. The summed E-state index contributed by atoms with van der Waals surface area (Å²) in [5, 5.41) is 0. The number of carbonyl (C=O) groups is 1. The molecule has 0 amide bonds. The maximum Gasteiger partial charge on any atom is 0.308 e. The SMILES string of the molecule is COC(=O)CC1CN(S(=O)(=O)c2cc(Cl)sc2Cl)CCO1. The Bertz CT molecular complexity index is 631. The summed E-state index contributed by atoms with van der Waals surface area (Å²) in [6.45, 7) is 0.474. The fourth-order valence-corrected chi connectivity index (χ4v) is 5.51. The van der Waals surface area contributed by atoms with Crippen LogP contribution in [0.3, 0.4) is 0 Å². The van der Waals surface area contributed by atoms with Gasteiger partial charge in [0.05, 0.1) is 30.6 Å². The van der Waals surface area contributed by atoms with Crippen molar-refractivity contribution < 1.29 is 22.7 Å². The third-order valence-electron chi connectivity index (χ3n) is 2.97. The van der Waals surface area contributed by atoms with Crippen LogP contribution in [0, 0.1) is 0 Å². The highest BCUT2D eigenvalue weighted by Gasteiger charge is 2.34. The molecule has 0 N–H and O–H groups in total. The van der Waals surface area contributed by atoms with Crippen molar-refractivity contribution in [2.24, 2.45) is 0 Å². The van der Waals surface area contributed by atoms with Crippen molar-refractivity contribution in [1.82, 2.24) is 4.31 Å². The molecule has 0 radical (unpaired) electrons. The number of esters is 1. The summed E-state index contributed by atoms with van der Waals surface area (Å²) in [5.74, 6) is -0.448. The molecule has 0 saturated carbocycles. The normalized spacial score (nSPS) is 20.4. The van der Waals surface area contributed by atoms with Crippen LogP contribution >= 0.6 is 34.5 Å². The monoisotopic (exact) mass is 373 g/mol. The summed E-state index contributed by atoms with van der Waals surface area (Å²) in [4.78, 5) is 11.2. The Morgan fingerprint density at radius 1 is 1.57 bits per heavy atom. The van der Waals surface area contributed by atoms with Crippen LogP contribution in [0.15, 0.2) is 11.0 Å². The first-order chi connectivity index (χ1) is 9.84. The molecule has 1 atom stereocenters. The molecule has 118 valence electrons. The highest BCUT2D eigenvalue weighted by atomic mass is 35.5. The van der Waals surface area contributed by atoms with Gasteiger partial charge < -0.3 is 9.47 Å². The Morgan fingerprint density at radius 3 is 2.86 bits per heavy atom. The minimum atomic E-state index is -3.75. The van der Waals surface area contributed by atoms with Gasteiger partial charge in [-0.2, -0.15) is 4.31 Å². The van der Waals surface area contributed by atoms with Crippen molar-refractivity contribution in [1.29, 1.82) is 0 Å². The van der Waals surface area contributed by atoms with Crippen LogP contribution in [0.5, 0.6) is 0 Å². The molecular formula is C11H13Cl2NO5S2. The van der Waals surface area contributed by atoms with Gasteiger partial charge in [0.15, 0.2) is 0 Å². The zero-order chi connectivity index (χ0) is 15.6. The van der Waals surface area contributed by atoms with Crippen molar-refractivity contribution in [3.05, 3.63) is 14.7 Å². The van der Waals surface area contributed by atoms with Crippen molar-refractivity contribution in [3.63, 3.8) is 0 Å². The van der Waals surface area contributed by atoms with E-state index in [1.807, 2.05) is 0 Å². The molecule has 21 heavy (non-hydrogen) atoms. The van der Waals surface area contributed by atoms with Crippen LogP contribution in [-0.4, -0.2) is 51.6 Å². The van der Waals surface area contributed by atoms with E-state index in [2.05, 4.69) is 4.74 Å². The Kier molecular flexibility index (Phi) is 5.50. The van der Waals surface area contributed by atoms with Gasteiger partial charge in [-0.3, -0.25) is 4.79 Å². The molecule has 6 nitrogen and oxygen atoms in total. The standard InChI is InChI=1S/C11H13Cl2NO5S2/c1-18-10(15)4-7-6-14(2-3-19-7)21(16,17)8-5-9(12)20-11(8)13/h5,7H,2-4,6H2,1H3. The van der Waals surface area contributed by atoms with Crippen LogP contribution in [0.25, 0.3) is 0 Å². The third-order valence-corrected chi connectivity index (χ3v) is 6.58. The maximum atomic E-state index is 12.5. The van der Waals surface area contributed by atoms with E-state index in [1.54, 1.807) is 0 Å². The first kappa shape index (κ1) is 17.0. The van der Waals surface area contributed by atoms with Crippen molar-refractivity contribution in [2.45, 2.75) is 17.4 Å². The molecule has 1 aromatic rings. The highest BCUT2D eigenvalue weighted by molar-refractivity contribution is 7.89. The fraction of sp³-hybridized carbons (Fsp3) is 0.545. The second kappa shape index (κ2) is 6.80. The van der Waals surface area contributed by atoms with Gasteiger partial charge >= 0.3 is 5.97 Å². The number of sulfonamides is 1. The van der Waals surface area contributed by atoms with E-state index >= 15 is 0 Å². The van der Waals surface area contributed by atoms with E-state index in [-0.39, 0.29) is 35.3 Å². The molecule has 1 unspecified atom stereocenters. The lowest BCUT2D eigenvalue weighted by atomic mass is 10.2. The predicted octanol–water partition coefficient (Wildman–Crippen LogP) is 2.01.